The number of methoxy groups -OCH3 is 1. The Morgan fingerprint density at radius 2 is 1.76 bits per heavy atom. The van der Waals surface area contributed by atoms with Gasteiger partial charge < -0.3 is 14.3 Å². The van der Waals surface area contributed by atoms with Gasteiger partial charge in [-0.3, -0.25) is 0 Å². The molecule has 6 aromatic rings. The fraction of sp³-hybridized carbons (Fsp3) is 0.129. The van der Waals surface area contributed by atoms with Gasteiger partial charge in [0.25, 0.3) is 0 Å². The SMILES string of the molecule is COc1ccc(/C=N/OCc2nc3c4c(ncn3n2)Oc2c(c(C)nn2-c2ccc(Cl)cc2)[C@H]4c2ccccc2)cc1. The molecule has 0 fully saturated rings. The molecule has 1 aliphatic heterocycles. The highest BCUT2D eigenvalue weighted by Gasteiger charge is 2.38. The fourth-order valence-corrected chi connectivity index (χ4v) is 5.23. The third kappa shape index (κ3) is 4.61. The number of aryl methyl sites for hydroxylation is 1. The van der Waals surface area contributed by atoms with E-state index >= 15 is 0 Å². The molecule has 3 aromatic carbocycles. The van der Waals surface area contributed by atoms with Crippen molar-refractivity contribution in [3.05, 3.63) is 124 Å². The van der Waals surface area contributed by atoms with Crippen LogP contribution in [0.5, 0.6) is 17.5 Å². The summed E-state index contributed by atoms with van der Waals surface area (Å²) in [6.45, 7) is 2.06. The van der Waals surface area contributed by atoms with E-state index in [2.05, 4.69) is 27.4 Å². The molecule has 0 saturated heterocycles. The second kappa shape index (κ2) is 10.6. The summed E-state index contributed by atoms with van der Waals surface area (Å²) in [7, 11) is 1.63. The lowest BCUT2D eigenvalue weighted by Crippen LogP contribution is -2.16. The van der Waals surface area contributed by atoms with E-state index in [0.29, 0.717) is 28.3 Å². The summed E-state index contributed by atoms with van der Waals surface area (Å²) in [5, 5.41) is 14.2. The van der Waals surface area contributed by atoms with Gasteiger partial charge in [0.05, 0.1) is 41.8 Å². The number of hydrogen-bond acceptors (Lipinski definition) is 8. The van der Waals surface area contributed by atoms with Crippen molar-refractivity contribution in [2.45, 2.75) is 19.4 Å². The number of benzene rings is 3. The van der Waals surface area contributed by atoms with Gasteiger partial charge in [-0.15, -0.1) is 5.10 Å². The van der Waals surface area contributed by atoms with Gasteiger partial charge in [0.1, 0.15) is 12.1 Å². The van der Waals surface area contributed by atoms with E-state index in [1.807, 2.05) is 73.7 Å². The largest absolute Gasteiger partial charge is 0.497 e. The van der Waals surface area contributed by atoms with Crippen LogP contribution in [0.4, 0.5) is 0 Å². The lowest BCUT2D eigenvalue weighted by Gasteiger charge is -2.26. The Kier molecular flexibility index (Phi) is 6.52. The number of fused-ring (bicyclic) bond motifs is 4. The number of halogens is 1. The van der Waals surface area contributed by atoms with Crippen LogP contribution in [0, 0.1) is 6.92 Å². The van der Waals surface area contributed by atoms with Crippen LogP contribution in [0.15, 0.2) is 90.3 Å². The molecule has 0 spiro atoms. The quantitative estimate of drug-likeness (QED) is 0.166. The summed E-state index contributed by atoms with van der Waals surface area (Å²) < 4.78 is 15.1. The van der Waals surface area contributed by atoms with E-state index in [1.165, 1.54) is 0 Å². The van der Waals surface area contributed by atoms with Crippen molar-refractivity contribution in [2.75, 3.05) is 7.11 Å². The van der Waals surface area contributed by atoms with Gasteiger partial charge in [-0.2, -0.15) is 5.10 Å². The highest BCUT2D eigenvalue weighted by atomic mass is 35.5. The minimum Gasteiger partial charge on any atom is -0.497 e. The van der Waals surface area contributed by atoms with E-state index in [4.69, 9.17) is 36.0 Å². The molecule has 0 radical (unpaired) electrons. The molecule has 0 amide bonds. The number of nitrogens with zero attached hydrogens (tertiary/aromatic N) is 7. The summed E-state index contributed by atoms with van der Waals surface area (Å²) >= 11 is 6.15. The summed E-state index contributed by atoms with van der Waals surface area (Å²) in [6, 6.07) is 25.2. The first-order valence-electron chi connectivity index (χ1n) is 13.2. The molecule has 1 atom stereocenters. The fourth-order valence-electron chi connectivity index (χ4n) is 5.10. The van der Waals surface area contributed by atoms with Gasteiger partial charge >= 0.3 is 0 Å². The molecule has 0 unspecified atom stereocenters. The van der Waals surface area contributed by atoms with Crippen molar-refractivity contribution in [2.24, 2.45) is 5.16 Å². The zero-order chi connectivity index (χ0) is 28.6. The van der Waals surface area contributed by atoms with Gasteiger partial charge in [0.15, 0.2) is 18.1 Å². The Morgan fingerprint density at radius 1 is 0.976 bits per heavy atom. The standard InChI is InChI=1S/C31H24ClN7O3/c1-19-26-27(21-6-4-3-5-7-21)28-29-35-25(17-41-34-16-20-8-14-24(40-2)15-9-20)37-38(29)18-33-30(28)42-31(26)39(36-19)23-12-10-22(32)11-13-23/h3-16,18,27H,17H2,1-2H3/b34-16+/t27-/m1/s1. The van der Waals surface area contributed by atoms with Crippen LogP contribution in [0.3, 0.4) is 0 Å². The van der Waals surface area contributed by atoms with Crippen LogP contribution in [0.25, 0.3) is 11.3 Å². The van der Waals surface area contributed by atoms with Crippen molar-refractivity contribution in [1.29, 1.82) is 0 Å². The topological polar surface area (TPSA) is 101 Å². The molecule has 42 heavy (non-hydrogen) atoms. The molecule has 0 saturated carbocycles. The zero-order valence-electron chi connectivity index (χ0n) is 22.7. The smallest absolute Gasteiger partial charge is 0.230 e. The van der Waals surface area contributed by atoms with Gasteiger partial charge in [0.2, 0.25) is 11.8 Å². The van der Waals surface area contributed by atoms with Gasteiger partial charge in [-0.05, 0) is 66.6 Å². The Hall–Kier alpha value is -5.22. The van der Waals surface area contributed by atoms with Gasteiger partial charge in [-0.1, -0.05) is 47.1 Å². The molecule has 208 valence electrons. The molecule has 11 heteroatoms. The van der Waals surface area contributed by atoms with Crippen LogP contribution in [-0.2, 0) is 11.4 Å². The van der Waals surface area contributed by atoms with Crippen LogP contribution in [0.2, 0.25) is 5.02 Å². The maximum absolute atomic E-state index is 6.46. The summed E-state index contributed by atoms with van der Waals surface area (Å²) in [6.07, 6.45) is 3.22. The average Bonchev–Trinajstić information content (AvgIpc) is 3.60. The van der Waals surface area contributed by atoms with Crippen LogP contribution >= 0.6 is 11.6 Å². The summed E-state index contributed by atoms with van der Waals surface area (Å²) in [5.41, 5.74) is 5.96. The van der Waals surface area contributed by atoms with Crippen molar-refractivity contribution in [1.82, 2.24) is 29.4 Å². The van der Waals surface area contributed by atoms with E-state index < -0.39 is 0 Å². The molecule has 0 bridgehead atoms. The lowest BCUT2D eigenvalue weighted by atomic mass is 9.84. The number of oxime groups is 1. The molecule has 7 rings (SSSR count). The third-order valence-corrected chi connectivity index (χ3v) is 7.31. The molecule has 10 nitrogen and oxygen atoms in total. The van der Waals surface area contributed by atoms with E-state index in [-0.39, 0.29) is 12.5 Å². The van der Waals surface area contributed by atoms with Crippen LogP contribution < -0.4 is 9.47 Å². The van der Waals surface area contributed by atoms with E-state index in [1.54, 1.807) is 28.8 Å². The number of hydrogen-bond donors (Lipinski definition) is 0. The van der Waals surface area contributed by atoms with Crippen LogP contribution in [0.1, 0.15) is 39.7 Å². The first kappa shape index (κ1) is 25.7. The average molecular weight is 578 g/mol. The van der Waals surface area contributed by atoms with Crippen molar-refractivity contribution >= 4 is 23.5 Å². The Bertz CT molecular complexity index is 1920. The normalized spacial score (nSPS) is 14.0. The predicted molar refractivity (Wildman–Crippen MR) is 157 cm³/mol. The lowest BCUT2D eigenvalue weighted by molar-refractivity contribution is 0.126. The number of aromatic nitrogens is 6. The monoisotopic (exact) mass is 577 g/mol. The first-order valence-corrected chi connectivity index (χ1v) is 13.6. The minimum atomic E-state index is -0.242. The minimum absolute atomic E-state index is 0.0821. The van der Waals surface area contributed by atoms with Crippen LogP contribution in [-0.4, -0.2) is 42.7 Å². The zero-order valence-corrected chi connectivity index (χ0v) is 23.4. The van der Waals surface area contributed by atoms with Gasteiger partial charge in [0, 0.05) is 5.02 Å². The van der Waals surface area contributed by atoms with Gasteiger partial charge in [-0.25, -0.2) is 19.2 Å². The molecular weight excluding hydrogens is 554 g/mol. The molecular formula is C31H24ClN7O3. The number of ether oxygens (including phenoxy) is 2. The summed E-state index contributed by atoms with van der Waals surface area (Å²) in [4.78, 5) is 15.0. The highest BCUT2D eigenvalue weighted by Crippen LogP contribution is 2.49. The second-order valence-electron chi connectivity index (χ2n) is 9.68. The van der Waals surface area contributed by atoms with Crippen molar-refractivity contribution < 1.29 is 14.3 Å². The predicted octanol–water partition coefficient (Wildman–Crippen LogP) is 6.12. The first-order chi connectivity index (χ1) is 20.6. The molecule has 0 aliphatic carbocycles. The third-order valence-electron chi connectivity index (χ3n) is 7.05. The molecule has 3 aromatic heterocycles. The molecule has 4 heterocycles. The second-order valence-corrected chi connectivity index (χ2v) is 10.1. The Labute approximate surface area is 245 Å². The van der Waals surface area contributed by atoms with Crippen molar-refractivity contribution in [3.63, 3.8) is 0 Å². The van der Waals surface area contributed by atoms with Crippen molar-refractivity contribution in [3.8, 4) is 23.2 Å². The number of rotatable bonds is 7. The maximum atomic E-state index is 6.46. The molecule has 1 aliphatic rings. The van der Waals surface area contributed by atoms with E-state index in [0.717, 1.165) is 39.4 Å². The Balaban J connectivity index is 1.26. The summed E-state index contributed by atoms with van der Waals surface area (Å²) in [5.74, 6) is 2.04. The Morgan fingerprint density at radius 3 is 2.52 bits per heavy atom. The highest BCUT2D eigenvalue weighted by molar-refractivity contribution is 6.30. The maximum Gasteiger partial charge on any atom is 0.230 e. The molecule has 0 N–H and O–H groups in total. The van der Waals surface area contributed by atoms with E-state index in [9.17, 15) is 0 Å².